The second kappa shape index (κ2) is 7.48. The predicted molar refractivity (Wildman–Crippen MR) is 108 cm³/mol. The molecule has 140 valence electrons. The average molecular weight is 363 g/mol. The predicted octanol–water partition coefficient (Wildman–Crippen LogP) is 3.47. The van der Waals surface area contributed by atoms with E-state index in [4.69, 9.17) is 0 Å². The van der Waals surface area contributed by atoms with E-state index in [9.17, 15) is 5.11 Å². The van der Waals surface area contributed by atoms with E-state index in [1.165, 1.54) is 6.42 Å². The minimum Gasteiger partial charge on any atom is -0.507 e. The molecule has 1 aliphatic heterocycles. The standard InChI is InChI=1S/C21H25N5O/c1-3-14-6-7-17(19(27)11-14)20-16-8-9-22-12-18(16)21(25-24-20)23-15-5-4-10-26(2)13-15/h6-9,11-12,15,27H,3-5,10,13H2,1-2H3,(H,23,25)/t15-/m1/s1. The minimum atomic E-state index is 0.233. The first-order valence-corrected chi connectivity index (χ1v) is 9.53. The van der Waals surface area contributed by atoms with E-state index in [-0.39, 0.29) is 5.75 Å². The highest BCUT2D eigenvalue weighted by atomic mass is 16.3. The zero-order valence-electron chi connectivity index (χ0n) is 15.8. The summed E-state index contributed by atoms with van der Waals surface area (Å²) in [4.78, 5) is 6.62. The van der Waals surface area contributed by atoms with Crippen LogP contribution in [0.2, 0.25) is 0 Å². The largest absolute Gasteiger partial charge is 0.507 e. The lowest BCUT2D eigenvalue weighted by molar-refractivity contribution is 0.261. The summed E-state index contributed by atoms with van der Waals surface area (Å²) >= 11 is 0. The van der Waals surface area contributed by atoms with Gasteiger partial charge in [-0.1, -0.05) is 13.0 Å². The van der Waals surface area contributed by atoms with Gasteiger partial charge in [-0.15, -0.1) is 10.2 Å². The van der Waals surface area contributed by atoms with Crippen molar-refractivity contribution in [2.24, 2.45) is 0 Å². The summed E-state index contributed by atoms with van der Waals surface area (Å²) in [5.41, 5.74) is 2.47. The highest BCUT2D eigenvalue weighted by Crippen LogP contribution is 2.35. The quantitative estimate of drug-likeness (QED) is 0.739. The van der Waals surface area contributed by atoms with Crippen LogP contribution in [0.5, 0.6) is 5.75 Å². The topological polar surface area (TPSA) is 74.2 Å². The van der Waals surface area contributed by atoms with Crippen molar-refractivity contribution < 1.29 is 5.11 Å². The number of piperidine rings is 1. The van der Waals surface area contributed by atoms with Crippen molar-refractivity contribution in [2.45, 2.75) is 32.2 Å². The lowest BCUT2D eigenvalue weighted by Gasteiger charge is -2.30. The second-order valence-electron chi connectivity index (χ2n) is 7.27. The minimum absolute atomic E-state index is 0.233. The van der Waals surface area contributed by atoms with E-state index in [0.29, 0.717) is 17.3 Å². The molecule has 3 aromatic rings. The van der Waals surface area contributed by atoms with Gasteiger partial charge in [0.05, 0.1) is 0 Å². The molecular weight excluding hydrogens is 338 g/mol. The molecule has 2 aromatic heterocycles. The number of aromatic hydroxyl groups is 1. The second-order valence-corrected chi connectivity index (χ2v) is 7.27. The zero-order valence-corrected chi connectivity index (χ0v) is 15.8. The van der Waals surface area contributed by atoms with Crippen molar-refractivity contribution in [1.29, 1.82) is 0 Å². The number of phenolic OH excluding ortho intramolecular Hbond substituents is 1. The smallest absolute Gasteiger partial charge is 0.158 e. The fraction of sp³-hybridized carbons (Fsp3) is 0.381. The maximum Gasteiger partial charge on any atom is 0.158 e. The number of likely N-dealkylation sites (tertiary alicyclic amines) is 1. The van der Waals surface area contributed by atoms with Crippen LogP contribution in [-0.4, -0.2) is 51.4 Å². The molecule has 1 aliphatic rings. The molecule has 6 nitrogen and oxygen atoms in total. The van der Waals surface area contributed by atoms with Gasteiger partial charge in [0, 0.05) is 41.3 Å². The first-order chi connectivity index (χ1) is 13.2. The molecule has 0 amide bonds. The summed E-state index contributed by atoms with van der Waals surface area (Å²) in [6, 6.07) is 8.03. The van der Waals surface area contributed by atoms with Crippen molar-refractivity contribution in [3.63, 3.8) is 0 Å². The van der Waals surface area contributed by atoms with Crippen molar-refractivity contribution in [3.8, 4) is 17.0 Å². The molecule has 4 rings (SSSR count). The van der Waals surface area contributed by atoms with Gasteiger partial charge in [-0.25, -0.2) is 0 Å². The van der Waals surface area contributed by atoms with Crippen LogP contribution < -0.4 is 5.32 Å². The number of hydrogen-bond acceptors (Lipinski definition) is 6. The van der Waals surface area contributed by atoms with E-state index in [1.54, 1.807) is 12.3 Å². The van der Waals surface area contributed by atoms with Crippen LogP contribution in [0, 0.1) is 0 Å². The normalized spacial score (nSPS) is 17.9. The van der Waals surface area contributed by atoms with Gasteiger partial charge in [0.2, 0.25) is 0 Å². The molecule has 1 saturated heterocycles. The van der Waals surface area contributed by atoms with Crippen molar-refractivity contribution >= 4 is 16.6 Å². The Labute approximate surface area is 159 Å². The average Bonchev–Trinajstić information content (AvgIpc) is 2.68. The van der Waals surface area contributed by atoms with E-state index in [0.717, 1.165) is 48.1 Å². The summed E-state index contributed by atoms with van der Waals surface area (Å²) in [6.45, 7) is 4.20. The number of fused-ring (bicyclic) bond motifs is 1. The molecule has 3 heterocycles. The van der Waals surface area contributed by atoms with Crippen LogP contribution in [-0.2, 0) is 6.42 Å². The first-order valence-electron chi connectivity index (χ1n) is 9.53. The molecule has 0 radical (unpaired) electrons. The number of anilines is 1. The van der Waals surface area contributed by atoms with Gasteiger partial charge in [0.25, 0.3) is 0 Å². The molecule has 0 saturated carbocycles. The van der Waals surface area contributed by atoms with Gasteiger partial charge >= 0.3 is 0 Å². The molecule has 0 bridgehead atoms. The van der Waals surface area contributed by atoms with Crippen LogP contribution in [0.4, 0.5) is 5.82 Å². The molecule has 27 heavy (non-hydrogen) atoms. The van der Waals surface area contributed by atoms with Crippen LogP contribution in [0.25, 0.3) is 22.0 Å². The Bertz CT molecular complexity index is 958. The molecule has 0 spiro atoms. The molecule has 2 N–H and O–H groups in total. The Morgan fingerprint density at radius 3 is 2.89 bits per heavy atom. The lowest BCUT2D eigenvalue weighted by Crippen LogP contribution is -2.40. The maximum absolute atomic E-state index is 10.5. The monoisotopic (exact) mass is 363 g/mol. The molecule has 0 aliphatic carbocycles. The summed E-state index contributed by atoms with van der Waals surface area (Å²) in [5, 5.41) is 24.8. The molecular formula is C21H25N5O. The van der Waals surface area contributed by atoms with Gasteiger partial charge in [-0.3, -0.25) is 4.98 Å². The van der Waals surface area contributed by atoms with Gasteiger partial charge in [-0.05, 0) is 56.6 Å². The Kier molecular flexibility index (Phi) is 4.90. The number of nitrogens with zero attached hydrogens (tertiary/aromatic N) is 4. The number of rotatable bonds is 4. The third-order valence-corrected chi connectivity index (χ3v) is 5.27. The zero-order chi connectivity index (χ0) is 18.8. The number of aromatic nitrogens is 3. The highest BCUT2D eigenvalue weighted by molar-refractivity contribution is 6.00. The molecule has 6 heteroatoms. The van der Waals surface area contributed by atoms with E-state index >= 15 is 0 Å². The summed E-state index contributed by atoms with van der Waals surface area (Å²) < 4.78 is 0. The summed E-state index contributed by atoms with van der Waals surface area (Å²) in [6.07, 6.45) is 6.74. The Hall–Kier alpha value is -2.73. The third kappa shape index (κ3) is 3.57. The molecule has 1 atom stereocenters. The number of likely N-dealkylation sites (N-methyl/N-ethyl adjacent to an activating group) is 1. The Morgan fingerprint density at radius 1 is 1.22 bits per heavy atom. The third-order valence-electron chi connectivity index (χ3n) is 5.27. The van der Waals surface area contributed by atoms with Crippen LogP contribution in [0.15, 0.2) is 36.7 Å². The van der Waals surface area contributed by atoms with E-state index < -0.39 is 0 Å². The Morgan fingerprint density at radius 2 is 2.11 bits per heavy atom. The summed E-state index contributed by atoms with van der Waals surface area (Å²) in [5.74, 6) is 0.989. The molecule has 1 fully saturated rings. The maximum atomic E-state index is 10.5. The highest BCUT2D eigenvalue weighted by Gasteiger charge is 2.20. The van der Waals surface area contributed by atoms with Gasteiger partial charge in [0.1, 0.15) is 11.4 Å². The number of phenols is 1. The first kappa shape index (κ1) is 17.7. The van der Waals surface area contributed by atoms with Gasteiger partial charge in [0.15, 0.2) is 5.82 Å². The Balaban J connectivity index is 1.74. The van der Waals surface area contributed by atoms with E-state index in [2.05, 4.69) is 39.4 Å². The lowest BCUT2D eigenvalue weighted by atomic mass is 10.0. The number of nitrogens with one attached hydrogen (secondary N) is 1. The van der Waals surface area contributed by atoms with Crippen molar-refractivity contribution in [2.75, 3.05) is 25.5 Å². The summed E-state index contributed by atoms with van der Waals surface area (Å²) in [7, 11) is 2.14. The SMILES string of the molecule is CCc1ccc(-c2nnc(N[C@@H]3CCCN(C)C3)c3cnccc23)c(O)c1. The van der Waals surface area contributed by atoms with Crippen molar-refractivity contribution in [1.82, 2.24) is 20.1 Å². The van der Waals surface area contributed by atoms with Gasteiger partial charge in [-0.2, -0.15) is 0 Å². The van der Waals surface area contributed by atoms with Gasteiger partial charge < -0.3 is 15.3 Å². The fourth-order valence-corrected chi connectivity index (χ4v) is 3.78. The number of hydrogen-bond donors (Lipinski definition) is 2. The van der Waals surface area contributed by atoms with Crippen LogP contribution >= 0.6 is 0 Å². The molecule has 1 aromatic carbocycles. The molecule has 0 unspecified atom stereocenters. The number of aryl methyl sites for hydroxylation is 1. The van der Waals surface area contributed by atoms with Crippen LogP contribution in [0.3, 0.4) is 0 Å². The van der Waals surface area contributed by atoms with E-state index in [1.807, 2.05) is 24.4 Å². The van der Waals surface area contributed by atoms with Crippen molar-refractivity contribution in [3.05, 3.63) is 42.2 Å². The van der Waals surface area contributed by atoms with Crippen LogP contribution in [0.1, 0.15) is 25.3 Å². The fourth-order valence-electron chi connectivity index (χ4n) is 3.78. The number of pyridine rings is 1. The number of benzene rings is 1.